The normalized spacial score (nSPS) is 27.3. The molecule has 4 aliphatic carbocycles. The van der Waals surface area contributed by atoms with Gasteiger partial charge in [-0.2, -0.15) is 0 Å². The Hall–Kier alpha value is -2.96. The lowest BCUT2D eigenvalue weighted by Crippen LogP contribution is -2.65. The van der Waals surface area contributed by atoms with Gasteiger partial charge in [-0.3, -0.25) is 19.2 Å². The number of fused-ring (bicyclic) bond motifs is 1. The van der Waals surface area contributed by atoms with Crippen molar-refractivity contribution in [3.05, 3.63) is 12.7 Å². The fraction of sp³-hybridized carbons (Fsp3) is 0.821. The van der Waals surface area contributed by atoms with Gasteiger partial charge in [-0.15, -0.1) is 6.58 Å². The van der Waals surface area contributed by atoms with E-state index in [1.807, 2.05) is 6.92 Å². The second kappa shape index (κ2) is 15.1. The van der Waals surface area contributed by atoms with Crippen molar-refractivity contribution < 1.29 is 32.4 Å². The Morgan fingerprint density at radius 3 is 2.06 bits per heavy atom. The summed E-state index contributed by atoms with van der Waals surface area (Å²) in [6, 6.07) is -3.38. The van der Waals surface area contributed by atoms with Crippen LogP contribution in [-0.2, 0) is 29.0 Å². The van der Waals surface area contributed by atoms with Crippen LogP contribution in [0.15, 0.2) is 12.7 Å². The average molecular weight is 746 g/mol. The van der Waals surface area contributed by atoms with Crippen LogP contribution in [0.25, 0.3) is 0 Å². The van der Waals surface area contributed by atoms with Gasteiger partial charge < -0.3 is 26.2 Å². The average Bonchev–Trinajstić information content (AvgIpc) is 3.92. The van der Waals surface area contributed by atoms with Crippen LogP contribution in [-0.4, -0.2) is 90.1 Å². The number of carbonyl (C=O) groups excluding carboxylic acids is 5. The maximum absolute atomic E-state index is 14.9. The smallest absolute Gasteiger partial charge is 0.315 e. The van der Waals surface area contributed by atoms with Gasteiger partial charge in [0, 0.05) is 13.1 Å². The first kappa shape index (κ1) is 40.2. The second-order valence-corrected chi connectivity index (χ2v) is 21.2. The van der Waals surface area contributed by atoms with E-state index >= 15 is 0 Å². The summed E-state index contributed by atoms with van der Waals surface area (Å²) in [6.07, 6.45) is 11.6. The predicted octanol–water partition coefficient (Wildman–Crippen LogP) is 4.18. The van der Waals surface area contributed by atoms with Crippen molar-refractivity contribution in [2.75, 3.05) is 18.8 Å². The van der Waals surface area contributed by atoms with Crippen molar-refractivity contribution in [1.29, 1.82) is 0 Å². The van der Waals surface area contributed by atoms with Crippen molar-refractivity contribution >= 4 is 39.4 Å². The van der Waals surface area contributed by atoms with E-state index in [1.165, 1.54) is 6.08 Å². The summed E-state index contributed by atoms with van der Waals surface area (Å²) in [4.78, 5) is 70.9. The first-order valence-corrected chi connectivity index (χ1v) is 21.3. The van der Waals surface area contributed by atoms with E-state index in [-0.39, 0.29) is 41.4 Å². The maximum atomic E-state index is 14.9. The molecule has 5 fully saturated rings. The van der Waals surface area contributed by atoms with Crippen molar-refractivity contribution in [3.8, 4) is 0 Å². The molecule has 5 amide bonds. The SMILES string of the molecule is C=CCNC(=O)C(=O)C(CC1CC1)NC(=O)[C@H]1C2C(CN1C(=O)[C@@H](NC(=O)NC1(CS(=O)(=O)C(C)(C)C)CCCCC1)C1(C)CCCCC1)C2(C)C. The molecule has 0 bridgehead atoms. The number of nitrogens with one attached hydrogen (secondary N) is 4. The molecule has 4 N–H and O–H groups in total. The highest BCUT2D eigenvalue weighted by molar-refractivity contribution is 7.92. The monoisotopic (exact) mass is 745 g/mol. The van der Waals surface area contributed by atoms with E-state index in [0.29, 0.717) is 38.6 Å². The van der Waals surface area contributed by atoms with Gasteiger partial charge in [0.15, 0.2) is 9.84 Å². The van der Waals surface area contributed by atoms with Crippen LogP contribution in [0.2, 0.25) is 0 Å². The zero-order chi connectivity index (χ0) is 38.3. The molecule has 3 unspecified atom stereocenters. The molecular weight excluding hydrogens is 683 g/mol. The minimum absolute atomic E-state index is 0.0717. The summed E-state index contributed by atoms with van der Waals surface area (Å²) in [7, 11) is -3.57. The Morgan fingerprint density at radius 1 is 0.904 bits per heavy atom. The fourth-order valence-corrected chi connectivity index (χ4v) is 10.8. The third kappa shape index (κ3) is 8.54. The fourth-order valence-electron chi connectivity index (χ4n) is 9.27. The van der Waals surface area contributed by atoms with Gasteiger partial charge in [-0.05, 0) is 81.5 Å². The molecule has 0 aromatic carbocycles. The van der Waals surface area contributed by atoms with Crippen LogP contribution in [0, 0.1) is 28.6 Å². The number of rotatable bonds is 14. The van der Waals surface area contributed by atoms with Gasteiger partial charge in [-0.25, -0.2) is 13.2 Å². The number of piperidine rings is 1. The highest BCUT2D eigenvalue weighted by Crippen LogP contribution is 2.65. The summed E-state index contributed by atoms with van der Waals surface area (Å²) in [5.41, 5.74) is -1.73. The molecule has 1 aliphatic heterocycles. The third-order valence-corrected chi connectivity index (χ3v) is 15.9. The van der Waals surface area contributed by atoms with Gasteiger partial charge in [0.25, 0.3) is 5.91 Å². The standard InChI is InChI=1S/C39H63N5O7S/c1-8-21-40-33(47)30(45)27(22-25-15-16-25)41-32(46)29-28-26(37(28,5)6)23-44(29)34(48)31(38(7)17-11-9-12-18-38)42-35(49)43-39(19-13-10-14-20-39)24-52(50,51)36(2,3)4/h8,25-29,31H,1,9-24H2,2-7H3,(H,40,47)(H,41,46)(H2,42,43,49)/t26?,27?,28?,29-,31-/m1/s1. The number of carbonyl (C=O) groups is 5. The minimum atomic E-state index is -3.57. The Bertz CT molecular complexity index is 1520. The van der Waals surface area contributed by atoms with Crippen molar-refractivity contribution in [3.63, 3.8) is 0 Å². The molecule has 5 rings (SSSR count). The molecule has 1 heterocycles. The number of hydrogen-bond donors (Lipinski definition) is 4. The molecule has 292 valence electrons. The quantitative estimate of drug-likeness (QED) is 0.153. The predicted molar refractivity (Wildman–Crippen MR) is 200 cm³/mol. The highest BCUT2D eigenvalue weighted by atomic mass is 32.2. The van der Waals surface area contributed by atoms with Crippen molar-refractivity contribution in [1.82, 2.24) is 26.2 Å². The molecule has 0 aromatic rings. The van der Waals surface area contributed by atoms with Gasteiger partial charge in [0.1, 0.15) is 12.1 Å². The summed E-state index contributed by atoms with van der Waals surface area (Å²) in [5.74, 6) is -2.26. The minimum Gasteiger partial charge on any atom is -0.346 e. The molecule has 0 radical (unpaired) electrons. The molecule has 4 saturated carbocycles. The molecule has 0 spiro atoms. The van der Waals surface area contributed by atoms with E-state index in [0.717, 1.165) is 51.4 Å². The zero-order valence-corrected chi connectivity index (χ0v) is 33.1. The Balaban J connectivity index is 1.40. The maximum Gasteiger partial charge on any atom is 0.315 e. The van der Waals surface area contributed by atoms with Crippen LogP contribution in [0.5, 0.6) is 0 Å². The van der Waals surface area contributed by atoms with Crippen LogP contribution in [0.4, 0.5) is 4.79 Å². The molecule has 52 heavy (non-hydrogen) atoms. The molecule has 5 atom stereocenters. The topological polar surface area (TPSA) is 171 Å². The molecule has 5 aliphatic rings. The molecule has 1 saturated heterocycles. The third-order valence-electron chi connectivity index (χ3n) is 13.1. The number of urea groups is 1. The number of Topliss-reactive ketones (excluding diaryl/α,β-unsaturated/α-hetero) is 1. The lowest BCUT2D eigenvalue weighted by Gasteiger charge is -2.44. The van der Waals surface area contributed by atoms with Crippen LogP contribution in [0.3, 0.4) is 0 Å². The van der Waals surface area contributed by atoms with Crippen LogP contribution < -0.4 is 21.3 Å². The summed E-state index contributed by atoms with van der Waals surface area (Å²) < 4.78 is 25.9. The number of amides is 5. The number of hydrogen-bond acceptors (Lipinski definition) is 7. The van der Waals surface area contributed by atoms with E-state index in [1.54, 1.807) is 25.7 Å². The molecular formula is C39H63N5O7S. The molecule has 13 heteroatoms. The zero-order valence-electron chi connectivity index (χ0n) is 32.3. The lowest BCUT2D eigenvalue weighted by atomic mass is 9.70. The van der Waals surface area contributed by atoms with E-state index in [4.69, 9.17) is 0 Å². The van der Waals surface area contributed by atoms with Crippen LogP contribution in [0.1, 0.15) is 125 Å². The van der Waals surface area contributed by atoms with Crippen molar-refractivity contribution in [2.24, 2.45) is 28.6 Å². The highest BCUT2D eigenvalue weighted by Gasteiger charge is 2.70. The van der Waals surface area contributed by atoms with Gasteiger partial charge in [0.05, 0.1) is 22.1 Å². The first-order chi connectivity index (χ1) is 24.3. The molecule has 12 nitrogen and oxygen atoms in total. The van der Waals surface area contributed by atoms with Gasteiger partial charge >= 0.3 is 6.03 Å². The summed E-state index contributed by atoms with van der Waals surface area (Å²) >= 11 is 0. The van der Waals surface area contributed by atoms with Gasteiger partial charge in [-0.1, -0.05) is 78.2 Å². The van der Waals surface area contributed by atoms with Crippen LogP contribution >= 0.6 is 0 Å². The first-order valence-electron chi connectivity index (χ1n) is 19.6. The Morgan fingerprint density at radius 2 is 1.50 bits per heavy atom. The van der Waals surface area contributed by atoms with E-state index in [9.17, 15) is 32.4 Å². The number of ketones is 1. The van der Waals surface area contributed by atoms with E-state index < -0.39 is 67.3 Å². The number of likely N-dealkylation sites (tertiary alicyclic amines) is 1. The van der Waals surface area contributed by atoms with E-state index in [2.05, 4.69) is 41.7 Å². The Kier molecular flexibility index (Phi) is 11.6. The summed E-state index contributed by atoms with van der Waals surface area (Å²) in [5, 5.41) is 11.6. The van der Waals surface area contributed by atoms with Crippen molar-refractivity contribution in [2.45, 2.75) is 153 Å². The lowest BCUT2D eigenvalue weighted by molar-refractivity contribution is -0.146. The largest absolute Gasteiger partial charge is 0.346 e. The second-order valence-electron chi connectivity index (χ2n) is 18.5. The Labute approximate surface area is 310 Å². The summed E-state index contributed by atoms with van der Waals surface area (Å²) in [6.45, 7) is 15.3. The number of nitrogens with zero attached hydrogens (tertiary/aromatic N) is 1. The number of sulfone groups is 1. The molecule has 0 aromatic heterocycles. The van der Waals surface area contributed by atoms with Gasteiger partial charge in [0.2, 0.25) is 17.6 Å².